The molecule has 0 saturated carbocycles. The molecule has 4 nitrogen and oxygen atoms in total. The molecule has 0 aromatic heterocycles. The molecule has 1 atom stereocenters. The lowest BCUT2D eigenvalue weighted by Crippen LogP contribution is -2.34. The fraction of sp³-hybridized carbons (Fsp3) is 0.421. The number of hydrogen-bond donors (Lipinski definition) is 1. The summed E-state index contributed by atoms with van der Waals surface area (Å²) in [4.78, 5) is 13.3. The standard InChI is InChI=1S/C19H22F3NO3S/c1-13(26-2)12-23-10-3-4-16(18(24)25)17(23)27-11-9-19(21,22)14-5-7-15(20)8-6-14/h3-8,13H,9-12H2,1-2H3,(H,24,25). The SMILES string of the molecule is COC(C)CN1CC=CC(C(=O)O)=C1SCCC(F)(F)c1ccc(F)cc1. The molecule has 2 rings (SSSR count). The van der Waals surface area contributed by atoms with E-state index in [4.69, 9.17) is 4.74 Å². The number of carboxylic acids is 1. The number of carbonyl (C=O) groups is 1. The molecule has 1 aliphatic rings. The minimum Gasteiger partial charge on any atom is -0.478 e. The van der Waals surface area contributed by atoms with Gasteiger partial charge in [-0.1, -0.05) is 18.2 Å². The van der Waals surface area contributed by atoms with E-state index in [1.807, 2.05) is 11.8 Å². The van der Waals surface area contributed by atoms with Crippen LogP contribution in [0.2, 0.25) is 0 Å². The van der Waals surface area contributed by atoms with Crippen molar-refractivity contribution in [1.82, 2.24) is 4.90 Å². The number of ether oxygens (including phenoxy) is 1. The van der Waals surface area contributed by atoms with Gasteiger partial charge in [0, 0.05) is 37.9 Å². The summed E-state index contributed by atoms with van der Waals surface area (Å²) in [5.74, 6) is -4.78. The van der Waals surface area contributed by atoms with Crippen LogP contribution in [0.25, 0.3) is 0 Å². The third-order valence-corrected chi connectivity index (χ3v) is 5.32. The van der Waals surface area contributed by atoms with Gasteiger partial charge in [0.1, 0.15) is 5.82 Å². The molecule has 1 unspecified atom stereocenters. The van der Waals surface area contributed by atoms with Gasteiger partial charge in [-0.2, -0.15) is 0 Å². The van der Waals surface area contributed by atoms with Crippen molar-refractivity contribution in [3.63, 3.8) is 0 Å². The van der Waals surface area contributed by atoms with Crippen molar-refractivity contribution < 1.29 is 27.8 Å². The van der Waals surface area contributed by atoms with Gasteiger partial charge < -0.3 is 14.7 Å². The van der Waals surface area contributed by atoms with Crippen LogP contribution in [0.4, 0.5) is 13.2 Å². The summed E-state index contributed by atoms with van der Waals surface area (Å²) in [6, 6.07) is 4.14. The number of aliphatic carboxylic acids is 1. The first kappa shape index (κ1) is 21.4. The van der Waals surface area contributed by atoms with Gasteiger partial charge in [-0.25, -0.2) is 18.0 Å². The number of thioether (sulfide) groups is 1. The Bertz CT molecular complexity index is 719. The summed E-state index contributed by atoms with van der Waals surface area (Å²) >= 11 is 1.08. The minimum atomic E-state index is -3.13. The van der Waals surface area contributed by atoms with Crippen LogP contribution in [0, 0.1) is 5.82 Å². The molecule has 0 bridgehead atoms. The van der Waals surface area contributed by atoms with Gasteiger partial charge in [0.2, 0.25) is 0 Å². The molecule has 0 fully saturated rings. The molecule has 0 spiro atoms. The molecule has 8 heteroatoms. The maximum Gasteiger partial charge on any atom is 0.338 e. The number of nitrogens with zero attached hydrogens (tertiary/aromatic N) is 1. The van der Waals surface area contributed by atoms with Crippen molar-refractivity contribution in [3.8, 4) is 0 Å². The molecular weight excluding hydrogens is 379 g/mol. The minimum absolute atomic E-state index is 0.0161. The van der Waals surface area contributed by atoms with Crippen LogP contribution < -0.4 is 0 Å². The maximum atomic E-state index is 14.3. The Morgan fingerprint density at radius 3 is 2.63 bits per heavy atom. The number of carboxylic acid groups (broad SMARTS) is 1. The monoisotopic (exact) mass is 401 g/mol. The van der Waals surface area contributed by atoms with Gasteiger partial charge in [0.05, 0.1) is 16.7 Å². The molecule has 27 heavy (non-hydrogen) atoms. The quantitative estimate of drug-likeness (QED) is 0.671. The number of benzene rings is 1. The van der Waals surface area contributed by atoms with Gasteiger partial charge in [-0.05, 0) is 25.1 Å². The van der Waals surface area contributed by atoms with Gasteiger partial charge in [-0.3, -0.25) is 0 Å². The Morgan fingerprint density at radius 2 is 2.04 bits per heavy atom. The third-order valence-electron chi connectivity index (χ3n) is 4.16. The lowest BCUT2D eigenvalue weighted by molar-refractivity contribution is -0.132. The highest BCUT2D eigenvalue weighted by Crippen LogP contribution is 2.36. The molecule has 1 aliphatic heterocycles. The van der Waals surface area contributed by atoms with E-state index in [-0.39, 0.29) is 23.0 Å². The van der Waals surface area contributed by atoms with Gasteiger partial charge in [0.15, 0.2) is 0 Å². The molecule has 1 N–H and O–H groups in total. The van der Waals surface area contributed by atoms with E-state index in [0.717, 1.165) is 36.0 Å². The van der Waals surface area contributed by atoms with E-state index in [1.54, 1.807) is 13.2 Å². The molecule has 1 aromatic rings. The number of halogens is 3. The predicted octanol–water partition coefficient (Wildman–Crippen LogP) is 4.24. The second-order valence-electron chi connectivity index (χ2n) is 6.19. The molecular formula is C19H22F3NO3S. The Hall–Kier alpha value is -1.93. The van der Waals surface area contributed by atoms with E-state index in [9.17, 15) is 23.1 Å². The molecule has 148 valence electrons. The number of methoxy groups -OCH3 is 1. The number of rotatable bonds is 9. The highest BCUT2D eigenvalue weighted by atomic mass is 32.2. The summed E-state index contributed by atoms with van der Waals surface area (Å²) in [5, 5.41) is 9.86. The highest BCUT2D eigenvalue weighted by molar-refractivity contribution is 8.03. The molecule has 0 saturated heterocycles. The zero-order chi connectivity index (χ0) is 20.0. The largest absolute Gasteiger partial charge is 0.478 e. The first-order valence-corrected chi connectivity index (χ1v) is 9.41. The van der Waals surface area contributed by atoms with Gasteiger partial charge >= 0.3 is 5.97 Å². The molecule has 0 aliphatic carbocycles. The van der Waals surface area contributed by atoms with Crippen molar-refractivity contribution in [1.29, 1.82) is 0 Å². The van der Waals surface area contributed by atoms with Crippen molar-refractivity contribution in [3.05, 3.63) is 58.4 Å². The van der Waals surface area contributed by atoms with Crippen molar-refractivity contribution in [2.45, 2.75) is 25.4 Å². The second-order valence-corrected chi connectivity index (χ2v) is 7.27. The van der Waals surface area contributed by atoms with Crippen LogP contribution in [0.3, 0.4) is 0 Å². The van der Waals surface area contributed by atoms with Crippen molar-refractivity contribution in [2.24, 2.45) is 0 Å². The van der Waals surface area contributed by atoms with Crippen LogP contribution in [-0.2, 0) is 15.5 Å². The predicted molar refractivity (Wildman–Crippen MR) is 99.2 cm³/mol. The molecule has 1 aromatic carbocycles. The van der Waals surface area contributed by atoms with E-state index < -0.39 is 24.1 Å². The summed E-state index contributed by atoms with van der Waals surface area (Å²) in [5.41, 5.74) is -0.176. The maximum absolute atomic E-state index is 14.3. The lowest BCUT2D eigenvalue weighted by atomic mass is 10.1. The smallest absolute Gasteiger partial charge is 0.338 e. The highest BCUT2D eigenvalue weighted by Gasteiger charge is 2.32. The first-order chi connectivity index (χ1) is 12.7. The summed E-state index contributed by atoms with van der Waals surface area (Å²) < 4.78 is 46.8. The summed E-state index contributed by atoms with van der Waals surface area (Å²) in [6.45, 7) is 2.79. The fourth-order valence-electron chi connectivity index (χ4n) is 2.61. The van der Waals surface area contributed by atoms with Crippen LogP contribution in [0.1, 0.15) is 18.9 Å². The average molecular weight is 401 g/mol. The fourth-order valence-corrected chi connectivity index (χ4v) is 3.80. The first-order valence-electron chi connectivity index (χ1n) is 8.43. The van der Waals surface area contributed by atoms with Gasteiger partial charge in [0.25, 0.3) is 5.92 Å². The lowest BCUT2D eigenvalue weighted by Gasteiger charge is -2.31. The van der Waals surface area contributed by atoms with Gasteiger partial charge in [-0.15, -0.1) is 11.8 Å². The third kappa shape index (κ3) is 5.77. The Kier molecular flexibility index (Phi) is 7.38. The van der Waals surface area contributed by atoms with E-state index in [2.05, 4.69) is 0 Å². The second kappa shape index (κ2) is 9.32. The van der Waals surface area contributed by atoms with Crippen LogP contribution in [-0.4, -0.2) is 48.0 Å². The van der Waals surface area contributed by atoms with Crippen LogP contribution in [0.5, 0.6) is 0 Å². The summed E-state index contributed by atoms with van der Waals surface area (Å²) in [7, 11) is 1.56. The molecule has 1 heterocycles. The van der Waals surface area contributed by atoms with Crippen molar-refractivity contribution in [2.75, 3.05) is 26.0 Å². The van der Waals surface area contributed by atoms with E-state index in [0.29, 0.717) is 18.1 Å². The molecule has 0 amide bonds. The van der Waals surface area contributed by atoms with E-state index >= 15 is 0 Å². The van der Waals surface area contributed by atoms with Crippen LogP contribution in [0.15, 0.2) is 47.0 Å². The topological polar surface area (TPSA) is 49.8 Å². The number of hydrogen-bond acceptors (Lipinski definition) is 4. The zero-order valence-electron chi connectivity index (χ0n) is 15.1. The average Bonchev–Trinajstić information content (AvgIpc) is 2.62. The number of alkyl halides is 2. The Morgan fingerprint density at radius 1 is 1.37 bits per heavy atom. The normalized spacial score (nSPS) is 16.0. The Balaban J connectivity index is 2.10. The van der Waals surface area contributed by atoms with E-state index in [1.165, 1.54) is 6.08 Å². The zero-order valence-corrected chi connectivity index (χ0v) is 15.9. The van der Waals surface area contributed by atoms with Crippen LogP contribution >= 0.6 is 11.8 Å². The van der Waals surface area contributed by atoms with Crippen molar-refractivity contribution >= 4 is 17.7 Å². The molecule has 0 radical (unpaired) electrons. The Labute approximate surface area is 160 Å². The summed E-state index contributed by atoms with van der Waals surface area (Å²) in [6.07, 6.45) is 2.60.